The summed E-state index contributed by atoms with van der Waals surface area (Å²) in [6, 6.07) is 9.93. The molecule has 0 N–H and O–H groups in total. The number of fused-ring (bicyclic) bond motifs is 7. The van der Waals surface area contributed by atoms with Gasteiger partial charge >= 0.3 is 6.09 Å². The van der Waals surface area contributed by atoms with Crippen molar-refractivity contribution in [1.82, 2.24) is 5.06 Å². The van der Waals surface area contributed by atoms with Crippen molar-refractivity contribution in [2.75, 3.05) is 4.90 Å². The van der Waals surface area contributed by atoms with Crippen LogP contribution in [0.3, 0.4) is 0 Å². The molecule has 4 fully saturated rings. The van der Waals surface area contributed by atoms with Gasteiger partial charge in [-0.05, 0) is 36.3 Å². The van der Waals surface area contributed by atoms with E-state index in [1.165, 1.54) is 12.8 Å². The van der Waals surface area contributed by atoms with Gasteiger partial charge in [0.1, 0.15) is 0 Å². The number of carbonyl (C=O) groups excluding carboxylic acids is 1. The molecule has 5 heteroatoms. The molecule has 0 radical (unpaired) electrons. The van der Waals surface area contributed by atoms with Crippen molar-refractivity contribution in [2.45, 2.75) is 71.4 Å². The van der Waals surface area contributed by atoms with Crippen molar-refractivity contribution in [2.24, 2.45) is 16.7 Å². The zero-order valence-electron chi connectivity index (χ0n) is 16.1. The highest BCUT2D eigenvalue weighted by Crippen LogP contribution is 2.71. The first-order valence-electron chi connectivity index (χ1n) is 9.91. The molecule has 1 aromatic carbocycles. The van der Waals surface area contributed by atoms with Gasteiger partial charge in [-0.3, -0.25) is 0 Å². The standard InChI is InChI=1S/C21H28N2O3/c1-5-12-21-22(14-9-7-6-8-10-14)18(24)26-23(21)16-15-11-13-20(4,17(16)25-21)19(15,2)3/h6-10,15-17H,5,11-13H2,1-4H3/t15-,16-,17-,20+,21+/m1/s1. The maximum absolute atomic E-state index is 12.9. The number of anilines is 1. The molecule has 26 heavy (non-hydrogen) atoms. The largest absolute Gasteiger partial charge is 0.437 e. The van der Waals surface area contributed by atoms with Gasteiger partial charge in [-0.1, -0.05) is 57.4 Å². The minimum atomic E-state index is -0.817. The molecule has 0 spiro atoms. The van der Waals surface area contributed by atoms with Crippen LogP contribution in [0.4, 0.5) is 10.5 Å². The molecule has 1 aromatic rings. The Morgan fingerprint density at radius 1 is 1.19 bits per heavy atom. The van der Waals surface area contributed by atoms with E-state index < -0.39 is 5.85 Å². The Balaban J connectivity index is 1.62. The van der Waals surface area contributed by atoms with Crippen molar-refractivity contribution >= 4 is 11.8 Å². The zero-order chi connectivity index (χ0) is 18.3. The average molecular weight is 356 g/mol. The van der Waals surface area contributed by atoms with Crippen LogP contribution in [0, 0.1) is 16.7 Å². The Hall–Kier alpha value is -1.59. The smallest absolute Gasteiger partial charge is 0.345 e. The summed E-state index contributed by atoms with van der Waals surface area (Å²) in [6.45, 7) is 9.23. The van der Waals surface area contributed by atoms with Gasteiger partial charge in [-0.25, -0.2) is 9.69 Å². The fraction of sp³-hybridized carbons (Fsp3) is 0.667. The summed E-state index contributed by atoms with van der Waals surface area (Å²) in [7, 11) is 0. The Bertz CT molecular complexity index is 751. The van der Waals surface area contributed by atoms with Gasteiger partial charge in [0.15, 0.2) is 0 Å². The second-order valence-corrected chi connectivity index (χ2v) is 9.16. The molecule has 2 heterocycles. The van der Waals surface area contributed by atoms with Gasteiger partial charge < -0.3 is 9.57 Å². The Morgan fingerprint density at radius 2 is 1.92 bits per heavy atom. The van der Waals surface area contributed by atoms with Crippen LogP contribution in [0.1, 0.15) is 53.4 Å². The number of rotatable bonds is 3. The van der Waals surface area contributed by atoms with Crippen LogP contribution < -0.4 is 4.90 Å². The highest BCUT2D eigenvalue weighted by Gasteiger charge is 2.78. The summed E-state index contributed by atoms with van der Waals surface area (Å²) in [6.07, 6.45) is 3.79. The van der Waals surface area contributed by atoms with E-state index in [0.29, 0.717) is 5.92 Å². The third-order valence-corrected chi connectivity index (χ3v) is 7.95. The van der Waals surface area contributed by atoms with E-state index in [-0.39, 0.29) is 29.1 Å². The first-order valence-corrected chi connectivity index (χ1v) is 9.91. The molecule has 2 aliphatic carbocycles. The summed E-state index contributed by atoms with van der Waals surface area (Å²) in [4.78, 5) is 20.5. The molecule has 0 unspecified atom stereocenters. The molecular weight excluding hydrogens is 328 g/mol. The molecule has 1 amide bonds. The zero-order valence-corrected chi connectivity index (χ0v) is 16.1. The van der Waals surface area contributed by atoms with Gasteiger partial charge in [-0.2, -0.15) is 0 Å². The summed E-state index contributed by atoms with van der Waals surface area (Å²) in [5.74, 6) is -0.331. The van der Waals surface area contributed by atoms with Crippen LogP contribution in [-0.2, 0) is 9.57 Å². The molecule has 2 saturated carbocycles. The van der Waals surface area contributed by atoms with E-state index in [2.05, 4.69) is 27.7 Å². The number of ether oxygens (including phenoxy) is 1. The van der Waals surface area contributed by atoms with Crippen LogP contribution in [0.5, 0.6) is 0 Å². The number of hydrogen-bond acceptors (Lipinski definition) is 4. The van der Waals surface area contributed by atoms with Crippen molar-refractivity contribution < 1.29 is 14.4 Å². The summed E-state index contributed by atoms with van der Waals surface area (Å²) < 4.78 is 6.85. The molecule has 2 aliphatic heterocycles. The Kier molecular flexibility index (Phi) is 3.20. The molecule has 0 aromatic heterocycles. The van der Waals surface area contributed by atoms with Gasteiger partial charge in [0.2, 0.25) is 5.85 Å². The molecule has 2 bridgehead atoms. The summed E-state index contributed by atoms with van der Waals surface area (Å²) >= 11 is 0. The molecule has 4 aliphatic rings. The maximum atomic E-state index is 12.9. The van der Waals surface area contributed by atoms with E-state index in [1.807, 2.05) is 35.4 Å². The third-order valence-electron chi connectivity index (χ3n) is 7.95. The van der Waals surface area contributed by atoms with Crippen molar-refractivity contribution in [1.29, 1.82) is 0 Å². The highest BCUT2D eigenvalue weighted by molar-refractivity contribution is 5.90. The minimum absolute atomic E-state index is 0.0992. The molecule has 5 rings (SSSR count). The number of hydrogen-bond donors (Lipinski definition) is 0. The number of carbonyl (C=O) groups is 1. The number of amides is 1. The average Bonchev–Trinajstić information content (AvgIpc) is 3.18. The van der Waals surface area contributed by atoms with Crippen LogP contribution in [-0.4, -0.2) is 29.2 Å². The number of para-hydroxylation sites is 1. The fourth-order valence-corrected chi connectivity index (χ4v) is 6.27. The van der Waals surface area contributed by atoms with Gasteiger partial charge in [-0.15, -0.1) is 0 Å². The van der Waals surface area contributed by atoms with Gasteiger partial charge in [0.05, 0.1) is 17.8 Å². The van der Waals surface area contributed by atoms with Crippen molar-refractivity contribution in [3.63, 3.8) is 0 Å². The third kappa shape index (κ3) is 1.67. The van der Waals surface area contributed by atoms with E-state index in [1.54, 1.807) is 4.90 Å². The van der Waals surface area contributed by atoms with E-state index in [9.17, 15) is 4.79 Å². The molecule has 2 saturated heterocycles. The van der Waals surface area contributed by atoms with Crippen LogP contribution in [0.15, 0.2) is 30.3 Å². The van der Waals surface area contributed by atoms with Crippen molar-refractivity contribution in [3.05, 3.63) is 30.3 Å². The SMILES string of the molecule is CCC[C@@]12O[C@@H]3[C@@H]([C@H]4CC[C@]3(C)C4(C)C)N1OC(=O)N2c1ccccc1. The highest BCUT2D eigenvalue weighted by atomic mass is 16.8. The second kappa shape index (κ2) is 5.02. The lowest BCUT2D eigenvalue weighted by Gasteiger charge is -2.42. The normalized spacial score (nSPS) is 42.8. The second-order valence-electron chi connectivity index (χ2n) is 9.16. The lowest BCUT2D eigenvalue weighted by molar-refractivity contribution is -0.213. The first-order chi connectivity index (χ1) is 12.4. The first kappa shape index (κ1) is 16.6. The van der Waals surface area contributed by atoms with Crippen LogP contribution in [0.25, 0.3) is 0 Å². The number of hydroxylamine groups is 2. The van der Waals surface area contributed by atoms with E-state index in [0.717, 1.165) is 18.5 Å². The predicted molar refractivity (Wildman–Crippen MR) is 98.2 cm³/mol. The topological polar surface area (TPSA) is 42.0 Å². The molecular formula is C21H28N2O3. The number of benzene rings is 1. The van der Waals surface area contributed by atoms with Gasteiger partial charge in [0.25, 0.3) is 0 Å². The molecule has 5 atom stereocenters. The van der Waals surface area contributed by atoms with Crippen LogP contribution in [0.2, 0.25) is 0 Å². The Morgan fingerprint density at radius 3 is 2.62 bits per heavy atom. The monoisotopic (exact) mass is 356 g/mol. The molecule has 5 nitrogen and oxygen atoms in total. The minimum Gasteiger partial charge on any atom is -0.345 e. The summed E-state index contributed by atoms with van der Waals surface area (Å²) in [5, 5.41) is 1.94. The van der Waals surface area contributed by atoms with Crippen molar-refractivity contribution in [3.8, 4) is 0 Å². The van der Waals surface area contributed by atoms with E-state index >= 15 is 0 Å². The van der Waals surface area contributed by atoms with E-state index in [4.69, 9.17) is 9.57 Å². The molecule has 140 valence electrons. The van der Waals surface area contributed by atoms with Gasteiger partial charge in [0, 0.05) is 11.8 Å². The lowest BCUT2D eigenvalue weighted by Crippen LogP contribution is -2.54. The van der Waals surface area contributed by atoms with Crippen LogP contribution >= 0.6 is 0 Å². The quantitative estimate of drug-likeness (QED) is 0.797. The fourth-order valence-electron chi connectivity index (χ4n) is 6.27. The Labute approximate surface area is 155 Å². The predicted octanol–water partition coefficient (Wildman–Crippen LogP) is 4.54. The number of nitrogens with zero attached hydrogens (tertiary/aromatic N) is 2. The maximum Gasteiger partial charge on any atom is 0.437 e. The lowest BCUT2D eigenvalue weighted by atomic mass is 9.70. The summed E-state index contributed by atoms with van der Waals surface area (Å²) in [5.41, 5.74) is 1.14.